The molecule has 0 aliphatic carbocycles. The number of allylic oxidation sites excluding steroid dienone is 1. The fourth-order valence-corrected chi connectivity index (χ4v) is 4.79. The van der Waals surface area contributed by atoms with Gasteiger partial charge in [0.2, 0.25) is 0 Å². The molecule has 162 valence electrons. The molecule has 1 aliphatic rings. The molecular formula is C25H23BF2N2O2. The van der Waals surface area contributed by atoms with Crippen molar-refractivity contribution in [3.63, 3.8) is 0 Å². The third kappa shape index (κ3) is 3.32. The number of rotatable bonds is 5. The van der Waals surface area contributed by atoms with Crippen LogP contribution in [0, 0.1) is 11.6 Å². The van der Waals surface area contributed by atoms with Crippen molar-refractivity contribution in [2.45, 2.75) is 38.2 Å². The molecule has 0 spiro atoms. The summed E-state index contributed by atoms with van der Waals surface area (Å²) in [6.07, 6.45) is 3.17. The van der Waals surface area contributed by atoms with Crippen LogP contribution in [0.15, 0.2) is 54.8 Å². The zero-order valence-electron chi connectivity index (χ0n) is 18.0. The number of aromatic nitrogens is 1. The standard InChI is InChI=1S/C25H23BF2N2O2/c1-4-14(2)30-15(3)11-18-17-7-5-6-8-21(17)29-24(18)25(30,26)23-19(27)12-16(13-20(23)28)9-10-22(31)32/h5-10,12-13,15,29H,2,4,11H2,1,3H3,(H,31,32)/b10-9+/t15-,25-/m1/s1. The molecule has 4 rings (SSSR count). The van der Waals surface area contributed by atoms with Gasteiger partial charge in [-0.15, -0.1) is 0 Å². The molecule has 2 radical (unpaired) electrons. The Balaban J connectivity index is 2.01. The van der Waals surface area contributed by atoms with Gasteiger partial charge in [0.05, 0.1) is 5.44 Å². The van der Waals surface area contributed by atoms with Crippen LogP contribution in [-0.4, -0.2) is 34.8 Å². The summed E-state index contributed by atoms with van der Waals surface area (Å²) < 4.78 is 31.0. The number of H-pyrrole nitrogens is 1. The van der Waals surface area contributed by atoms with Crippen LogP contribution >= 0.6 is 0 Å². The zero-order chi connectivity index (χ0) is 23.2. The van der Waals surface area contributed by atoms with E-state index < -0.39 is 23.0 Å². The van der Waals surface area contributed by atoms with E-state index in [4.69, 9.17) is 13.0 Å². The predicted molar refractivity (Wildman–Crippen MR) is 122 cm³/mol. The van der Waals surface area contributed by atoms with Gasteiger partial charge in [-0.1, -0.05) is 31.7 Å². The van der Waals surface area contributed by atoms with Gasteiger partial charge < -0.3 is 15.0 Å². The number of carboxylic acids is 1. The lowest BCUT2D eigenvalue weighted by Gasteiger charge is -2.51. The zero-order valence-corrected chi connectivity index (χ0v) is 18.0. The number of hydrogen-bond acceptors (Lipinski definition) is 2. The largest absolute Gasteiger partial charge is 0.478 e. The topological polar surface area (TPSA) is 56.3 Å². The van der Waals surface area contributed by atoms with Crippen LogP contribution in [0.1, 0.15) is 42.7 Å². The Morgan fingerprint density at radius 2 is 2.00 bits per heavy atom. The molecule has 2 heterocycles. The number of aliphatic carboxylic acids is 1. The van der Waals surface area contributed by atoms with Gasteiger partial charge in [0.15, 0.2) is 0 Å². The van der Waals surface area contributed by atoms with E-state index in [1.54, 1.807) is 4.90 Å². The number of fused-ring (bicyclic) bond motifs is 3. The number of nitrogens with one attached hydrogen (secondary N) is 1. The third-order valence-electron chi connectivity index (χ3n) is 6.13. The fourth-order valence-electron chi connectivity index (χ4n) is 4.79. The molecule has 0 fully saturated rings. The second-order valence-electron chi connectivity index (χ2n) is 8.16. The first kappa shape index (κ1) is 21.9. The highest BCUT2D eigenvalue weighted by Crippen LogP contribution is 2.47. The summed E-state index contributed by atoms with van der Waals surface area (Å²) in [5.74, 6) is -2.92. The van der Waals surface area contributed by atoms with Gasteiger partial charge in [0, 0.05) is 40.0 Å². The molecule has 2 atom stereocenters. The Labute approximate surface area is 186 Å². The maximum atomic E-state index is 15.5. The molecule has 0 saturated carbocycles. The minimum atomic E-state index is -1.66. The van der Waals surface area contributed by atoms with Crippen LogP contribution in [-0.2, 0) is 16.7 Å². The normalized spacial score (nSPS) is 20.6. The van der Waals surface area contributed by atoms with E-state index in [9.17, 15) is 4.79 Å². The highest BCUT2D eigenvalue weighted by atomic mass is 19.1. The number of halogens is 2. The maximum absolute atomic E-state index is 15.5. The minimum Gasteiger partial charge on any atom is -0.478 e. The molecule has 2 aromatic carbocycles. The summed E-state index contributed by atoms with van der Waals surface area (Å²) in [5, 5.41) is 9.79. The van der Waals surface area contributed by atoms with E-state index in [1.807, 2.05) is 38.1 Å². The predicted octanol–water partition coefficient (Wildman–Crippen LogP) is 5.08. The van der Waals surface area contributed by atoms with E-state index >= 15 is 8.78 Å². The molecule has 4 nitrogen and oxygen atoms in total. The lowest BCUT2D eigenvalue weighted by molar-refractivity contribution is -0.131. The smallest absolute Gasteiger partial charge is 0.328 e. The van der Waals surface area contributed by atoms with Crippen molar-refractivity contribution in [1.82, 2.24) is 9.88 Å². The van der Waals surface area contributed by atoms with Crippen LogP contribution in [0.2, 0.25) is 0 Å². The Bertz CT molecular complexity index is 1240. The Morgan fingerprint density at radius 1 is 1.34 bits per heavy atom. The van der Waals surface area contributed by atoms with Crippen molar-refractivity contribution < 1.29 is 18.7 Å². The number of carboxylic acid groups (broad SMARTS) is 1. The van der Waals surface area contributed by atoms with Crippen LogP contribution in [0.25, 0.3) is 17.0 Å². The van der Waals surface area contributed by atoms with Gasteiger partial charge in [-0.25, -0.2) is 13.6 Å². The van der Waals surface area contributed by atoms with Gasteiger partial charge in [-0.05, 0) is 55.2 Å². The lowest BCUT2D eigenvalue weighted by Crippen LogP contribution is -2.56. The van der Waals surface area contributed by atoms with Crippen LogP contribution in [0.5, 0.6) is 0 Å². The fraction of sp³-hybridized carbons (Fsp3) is 0.240. The van der Waals surface area contributed by atoms with Crippen molar-refractivity contribution >= 4 is 30.8 Å². The first-order chi connectivity index (χ1) is 15.2. The van der Waals surface area contributed by atoms with Gasteiger partial charge in [0.1, 0.15) is 19.5 Å². The summed E-state index contributed by atoms with van der Waals surface area (Å²) in [5.41, 5.74) is 1.07. The van der Waals surface area contributed by atoms with Gasteiger partial charge in [0.25, 0.3) is 0 Å². The molecule has 0 unspecified atom stereocenters. The number of hydrogen-bond donors (Lipinski definition) is 2. The summed E-state index contributed by atoms with van der Waals surface area (Å²) in [4.78, 5) is 15.9. The van der Waals surface area contributed by atoms with E-state index in [-0.39, 0.29) is 17.2 Å². The summed E-state index contributed by atoms with van der Waals surface area (Å²) in [6, 6.07) is 9.71. The molecular weight excluding hydrogens is 409 g/mol. The Morgan fingerprint density at radius 3 is 2.62 bits per heavy atom. The average Bonchev–Trinajstić information content (AvgIpc) is 3.11. The van der Waals surface area contributed by atoms with Crippen molar-refractivity contribution in [3.8, 4) is 0 Å². The molecule has 1 aromatic heterocycles. The molecule has 3 aromatic rings. The Hall–Kier alpha value is -3.35. The summed E-state index contributed by atoms with van der Waals surface area (Å²) in [6.45, 7) is 8.02. The van der Waals surface area contributed by atoms with E-state index in [0.29, 0.717) is 24.2 Å². The van der Waals surface area contributed by atoms with Crippen LogP contribution < -0.4 is 0 Å². The SMILES string of the molecule is [B][C@@]1(c2c(F)cc(/C=C/C(=O)O)cc2F)c2[nH]c3ccccc3c2C[C@@H](C)N1C(=C)CC. The second kappa shape index (κ2) is 7.97. The minimum absolute atomic E-state index is 0.0938. The van der Waals surface area contributed by atoms with E-state index in [1.165, 1.54) is 0 Å². The van der Waals surface area contributed by atoms with Crippen molar-refractivity contribution in [2.24, 2.45) is 0 Å². The van der Waals surface area contributed by atoms with Crippen molar-refractivity contribution in [2.75, 3.05) is 0 Å². The third-order valence-corrected chi connectivity index (χ3v) is 6.13. The number of carbonyl (C=O) groups is 1. The maximum Gasteiger partial charge on any atom is 0.328 e. The number of para-hydroxylation sites is 1. The average molecular weight is 432 g/mol. The second-order valence-corrected chi connectivity index (χ2v) is 8.16. The number of nitrogens with zero attached hydrogens (tertiary/aromatic N) is 1. The molecule has 1 aliphatic heterocycles. The van der Waals surface area contributed by atoms with E-state index in [0.717, 1.165) is 40.8 Å². The van der Waals surface area contributed by atoms with Gasteiger partial charge in [-0.2, -0.15) is 0 Å². The highest BCUT2D eigenvalue weighted by Gasteiger charge is 2.47. The number of aromatic amines is 1. The lowest BCUT2D eigenvalue weighted by atomic mass is 9.63. The molecule has 2 N–H and O–H groups in total. The van der Waals surface area contributed by atoms with Gasteiger partial charge >= 0.3 is 5.97 Å². The van der Waals surface area contributed by atoms with Crippen LogP contribution in [0.3, 0.4) is 0 Å². The summed E-state index contributed by atoms with van der Waals surface area (Å²) >= 11 is 0. The van der Waals surface area contributed by atoms with Crippen molar-refractivity contribution in [3.05, 3.63) is 88.8 Å². The van der Waals surface area contributed by atoms with E-state index in [2.05, 4.69) is 11.6 Å². The highest BCUT2D eigenvalue weighted by molar-refractivity contribution is 6.18. The van der Waals surface area contributed by atoms with Crippen LogP contribution in [0.4, 0.5) is 8.78 Å². The molecule has 0 bridgehead atoms. The quantitative estimate of drug-likeness (QED) is 0.437. The van der Waals surface area contributed by atoms with Crippen molar-refractivity contribution in [1.29, 1.82) is 0 Å². The first-order valence-corrected chi connectivity index (χ1v) is 10.4. The molecule has 32 heavy (non-hydrogen) atoms. The molecule has 0 saturated heterocycles. The van der Waals surface area contributed by atoms with Gasteiger partial charge in [-0.3, -0.25) is 0 Å². The molecule has 7 heteroatoms. The first-order valence-electron chi connectivity index (χ1n) is 10.4. The number of benzene rings is 2. The Kier molecular flexibility index (Phi) is 5.45. The molecule has 0 amide bonds. The monoisotopic (exact) mass is 432 g/mol. The summed E-state index contributed by atoms with van der Waals surface area (Å²) in [7, 11) is 6.98.